The third-order valence-electron chi connectivity index (χ3n) is 3.95. The van der Waals surface area contributed by atoms with Gasteiger partial charge in [-0.3, -0.25) is 0 Å². The number of rotatable bonds is 3. The molecule has 3 rings (SSSR count). The SMILES string of the molecule is O=C(O)C1CCCc2nnc(CC3CCNC3)n21. The molecule has 0 aromatic carbocycles. The normalized spacial score (nSPS) is 27.1. The summed E-state index contributed by atoms with van der Waals surface area (Å²) in [7, 11) is 0. The minimum Gasteiger partial charge on any atom is -0.480 e. The maximum Gasteiger partial charge on any atom is 0.326 e. The Labute approximate surface area is 105 Å². The first-order chi connectivity index (χ1) is 8.75. The molecule has 3 heterocycles. The quantitative estimate of drug-likeness (QED) is 0.811. The van der Waals surface area contributed by atoms with E-state index in [1.54, 1.807) is 0 Å². The lowest BCUT2D eigenvalue weighted by Gasteiger charge is -2.23. The highest BCUT2D eigenvalue weighted by Gasteiger charge is 2.30. The molecule has 1 aromatic heterocycles. The van der Waals surface area contributed by atoms with Gasteiger partial charge in [0.25, 0.3) is 0 Å². The Morgan fingerprint density at radius 1 is 1.44 bits per heavy atom. The predicted molar refractivity (Wildman–Crippen MR) is 64.3 cm³/mol. The molecule has 6 nitrogen and oxygen atoms in total. The van der Waals surface area contributed by atoms with Gasteiger partial charge in [0.05, 0.1) is 0 Å². The Morgan fingerprint density at radius 3 is 3.06 bits per heavy atom. The van der Waals surface area contributed by atoms with Crippen LogP contribution in [0, 0.1) is 5.92 Å². The van der Waals surface area contributed by atoms with Crippen LogP contribution in [0.25, 0.3) is 0 Å². The number of nitrogens with one attached hydrogen (secondary N) is 1. The summed E-state index contributed by atoms with van der Waals surface area (Å²) in [6, 6.07) is -0.465. The summed E-state index contributed by atoms with van der Waals surface area (Å²) in [5.41, 5.74) is 0. The molecule has 1 fully saturated rings. The molecule has 18 heavy (non-hydrogen) atoms. The van der Waals surface area contributed by atoms with Crippen LogP contribution in [0.1, 0.15) is 37.0 Å². The van der Waals surface area contributed by atoms with Crippen molar-refractivity contribution in [1.82, 2.24) is 20.1 Å². The first-order valence-electron chi connectivity index (χ1n) is 6.62. The van der Waals surface area contributed by atoms with Gasteiger partial charge in [0, 0.05) is 12.8 Å². The fraction of sp³-hybridized carbons (Fsp3) is 0.750. The van der Waals surface area contributed by atoms with Crippen molar-refractivity contribution in [3.63, 3.8) is 0 Å². The summed E-state index contributed by atoms with van der Waals surface area (Å²) >= 11 is 0. The van der Waals surface area contributed by atoms with Crippen LogP contribution >= 0.6 is 0 Å². The number of hydrogen-bond acceptors (Lipinski definition) is 4. The Morgan fingerprint density at radius 2 is 2.33 bits per heavy atom. The van der Waals surface area contributed by atoms with Crippen molar-refractivity contribution >= 4 is 5.97 Å². The molecule has 2 unspecified atom stereocenters. The number of nitrogens with zero attached hydrogens (tertiary/aromatic N) is 3. The van der Waals surface area contributed by atoms with Crippen molar-refractivity contribution in [3.8, 4) is 0 Å². The molecule has 2 aliphatic rings. The van der Waals surface area contributed by atoms with Crippen molar-refractivity contribution in [2.45, 2.75) is 38.1 Å². The molecular formula is C12H18N4O2. The molecule has 0 amide bonds. The van der Waals surface area contributed by atoms with E-state index in [0.29, 0.717) is 12.3 Å². The average molecular weight is 250 g/mol. The number of carboxylic acid groups (broad SMARTS) is 1. The van der Waals surface area contributed by atoms with Crippen LogP contribution in [-0.2, 0) is 17.6 Å². The number of fused-ring (bicyclic) bond motifs is 1. The molecule has 98 valence electrons. The molecule has 2 N–H and O–H groups in total. The van der Waals surface area contributed by atoms with Gasteiger partial charge in [-0.1, -0.05) is 0 Å². The molecule has 0 bridgehead atoms. The molecule has 1 aromatic rings. The summed E-state index contributed by atoms with van der Waals surface area (Å²) in [6.45, 7) is 2.05. The second-order valence-electron chi connectivity index (χ2n) is 5.21. The lowest BCUT2D eigenvalue weighted by Crippen LogP contribution is -2.27. The third-order valence-corrected chi connectivity index (χ3v) is 3.95. The topological polar surface area (TPSA) is 80.0 Å². The van der Waals surface area contributed by atoms with Crippen LogP contribution in [0.3, 0.4) is 0 Å². The van der Waals surface area contributed by atoms with E-state index >= 15 is 0 Å². The molecule has 0 aliphatic carbocycles. The Balaban J connectivity index is 1.86. The highest BCUT2D eigenvalue weighted by atomic mass is 16.4. The summed E-state index contributed by atoms with van der Waals surface area (Å²) < 4.78 is 1.87. The second-order valence-corrected chi connectivity index (χ2v) is 5.21. The van der Waals surface area contributed by atoms with Crippen LogP contribution < -0.4 is 5.32 Å². The fourth-order valence-corrected chi connectivity index (χ4v) is 2.99. The van der Waals surface area contributed by atoms with E-state index in [1.807, 2.05) is 4.57 Å². The van der Waals surface area contributed by atoms with Crippen LogP contribution in [0.5, 0.6) is 0 Å². The van der Waals surface area contributed by atoms with Gasteiger partial charge in [0.1, 0.15) is 17.7 Å². The van der Waals surface area contributed by atoms with Gasteiger partial charge in [-0.05, 0) is 38.3 Å². The van der Waals surface area contributed by atoms with Crippen LogP contribution in [0.4, 0.5) is 0 Å². The van der Waals surface area contributed by atoms with Gasteiger partial charge in [-0.2, -0.15) is 0 Å². The zero-order chi connectivity index (χ0) is 12.5. The standard InChI is InChI=1S/C12H18N4O2/c17-12(18)9-2-1-3-10-14-15-11(16(9)10)6-8-4-5-13-7-8/h8-9,13H,1-7H2,(H,17,18). The van der Waals surface area contributed by atoms with Gasteiger partial charge in [0.2, 0.25) is 0 Å². The molecule has 2 aliphatic heterocycles. The fourth-order valence-electron chi connectivity index (χ4n) is 2.99. The van der Waals surface area contributed by atoms with Gasteiger partial charge < -0.3 is 15.0 Å². The number of aryl methyl sites for hydroxylation is 1. The number of hydrogen-bond donors (Lipinski definition) is 2. The first kappa shape index (κ1) is 11.6. The minimum atomic E-state index is -0.762. The van der Waals surface area contributed by atoms with Crippen LogP contribution in [-0.4, -0.2) is 38.9 Å². The van der Waals surface area contributed by atoms with Crippen molar-refractivity contribution in [2.24, 2.45) is 5.92 Å². The van der Waals surface area contributed by atoms with Crippen LogP contribution in [0.15, 0.2) is 0 Å². The first-order valence-corrected chi connectivity index (χ1v) is 6.62. The van der Waals surface area contributed by atoms with Crippen molar-refractivity contribution in [1.29, 1.82) is 0 Å². The lowest BCUT2D eigenvalue weighted by molar-refractivity contribution is -0.141. The van der Waals surface area contributed by atoms with E-state index in [9.17, 15) is 9.90 Å². The molecule has 0 spiro atoms. The van der Waals surface area contributed by atoms with Gasteiger partial charge in [-0.15, -0.1) is 10.2 Å². The molecule has 2 atom stereocenters. The summed E-state index contributed by atoms with van der Waals surface area (Å²) in [4.78, 5) is 11.3. The molecule has 1 saturated heterocycles. The number of aromatic nitrogens is 3. The van der Waals surface area contributed by atoms with Crippen molar-refractivity contribution in [3.05, 3.63) is 11.6 Å². The largest absolute Gasteiger partial charge is 0.480 e. The van der Waals surface area contributed by atoms with E-state index in [0.717, 1.165) is 50.4 Å². The second kappa shape index (κ2) is 4.68. The molecule has 0 saturated carbocycles. The summed E-state index contributed by atoms with van der Waals surface area (Å²) in [6.07, 6.45) is 4.40. The van der Waals surface area contributed by atoms with E-state index in [2.05, 4.69) is 15.5 Å². The van der Waals surface area contributed by atoms with Crippen molar-refractivity contribution in [2.75, 3.05) is 13.1 Å². The summed E-state index contributed by atoms with van der Waals surface area (Å²) in [5, 5.41) is 21.0. The zero-order valence-electron chi connectivity index (χ0n) is 10.3. The number of carbonyl (C=O) groups is 1. The van der Waals surface area contributed by atoms with E-state index in [4.69, 9.17) is 0 Å². The van der Waals surface area contributed by atoms with Crippen LogP contribution in [0.2, 0.25) is 0 Å². The lowest BCUT2D eigenvalue weighted by atomic mass is 10.0. The van der Waals surface area contributed by atoms with Gasteiger partial charge >= 0.3 is 5.97 Å². The molecular weight excluding hydrogens is 232 g/mol. The molecule has 6 heteroatoms. The maximum absolute atomic E-state index is 11.3. The predicted octanol–water partition coefficient (Wildman–Crippen LogP) is 0.392. The van der Waals surface area contributed by atoms with Gasteiger partial charge in [-0.25, -0.2) is 4.79 Å². The molecule has 0 radical (unpaired) electrons. The Bertz CT molecular complexity index is 451. The number of carboxylic acids is 1. The van der Waals surface area contributed by atoms with E-state index < -0.39 is 12.0 Å². The number of aliphatic carboxylic acids is 1. The van der Waals surface area contributed by atoms with E-state index in [-0.39, 0.29) is 0 Å². The maximum atomic E-state index is 11.3. The highest BCUT2D eigenvalue weighted by molar-refractivity contribution is 5.72. The summed E-state index contributed by atoms with van der Waals surface area (Å²) in [5.74, 6) is 1.50. The smallest absolute Gasteiger partial charge is 0.326 e. The zero-order valence-corrected chi connectivity index (χ0v) is 10.3. The van der Waals surface area contributed by atoms with E-state index in [1.165, 1.54) is 0 Å². The van der Waals surface area contributed by atoms with Crippen molar-refractivity contribution < 1.29 is 9.90 Å². The Hall–Kier alpha value is -1.43. The monoisotopic (exact) mass is 250 g/mol. The van der Waals surface area contributed by atoms with Gasteiger partial charge in [0.15, 0.2) is 0 Å². The average Bonchev–Trinajstić information content (AvgIpc) is 2.99. The Kier molecular flexibility index (Phi) is 3.03. The third kappa shape index (κ3) is 2.01. The minimum absolute atomic E-state index is 0.465. The highest BCUT2D eigenvalue weighted by Crippen LogP contribution is 2.27.